The summed E-state index contributed by atoms with van der Waals surface area (Å²) in [6.45, 7) is 0. The van der Waals surface area contributed by atoms with Crippen LogP contribution in [0, 0.1) is 0 Å². The zero-order valence-electron chi connectivity index (χ0n) is 42.6. The molecule has 2 aliphatic carbocycles. The van der Waals surface area contributed by atoms with Crippen LogP contribution >= 0.6 is 0 Å². The minimum absolute atomic E-state index is 0.537. The molecule has 0 atom stereocenters. The first-order valence-corrected chi connectivity index (χ1v) is 27.3. The molecule has 0 spiro atoms. The van der Waals surface area contributed by atoms with Crippen LogP contribution < -0.4 is 4.90 Å². The predicted molar refractivity (Wildman–Crippen MR) is 321 cm³/mol. The third kappa shape index (κ3) is 7.60. The van der Waals surface area contributed by atoms with Gasteiger partial charge in [0.1, 0.15) is 0 Å². The second-order valence-electron chi connectivity index (χ2n) is 20.9. The number of benzene rings is 12. The van der Waals surface area contributed by atoms with Gasteiger partial charge in [0.2, 0.25) is 0 Å². The highest BCUT2D eigenvalue weighted by molar-refractivity contribution is 6.06. The molecule has 0 aromatic heterocycles. The van der Waals surface area contributed by atoms with Gasteiger partial charge in [-0.2, -0.15) is 0 Å². The molecule has 0 bridgehead atoms. The van der Waals surface area contributed by atoms with Crippen molar-refractivity contribution >= 4 is 38.6 Å². The Bertz CT molecular complexity index is 4040. The fourth-order valence-corrected chi connectivity index (χ4v) is 13.4. The van der Waals surface area contributed by atoms with Crippen molar-refractivity contribution in [3.05, 3.63) is 307 Å². The van der Waals surface area contributed by atoms with E-state index in [1.54, 1.807) is 0 Å². The van der Waals surface area contributed by atoms with E-state index in [-0.39, 0.29) is 0 Å². The molecule has 2 aliphatic rings. The molecule has 0 saturated heterocycles. The van der Waals surface area contributed by atoms with Crippen LogP contribution in [-0.2, 0) is 5.41 Å². The summed E-state index contributed by atoms with van der Waals surface area (Å²) in [4.78, 5) is 2.60. The van der Waals surface area contributed by atoms with Gasteiger partial charge in [0.25, 0.3) is 0 Å². The molecule has 12 aromatic rings. The van der Waals surface area contributed by atoms with Crippen LogP contribution in [0.3, 0.4) is 0 Å². The van der Waals surface area contributed by atoms with Gasteiger partial charge < -0.3 is 4.90 Å². The lowest BCUT2D eigenvalue weighted by Crippen LogP contribution is -2.28. The van der Waals surface area contributed by atoms with Gasteiger partial charge in [-0.05, 0) is 131 Å². The monoisotopic (exact) mass is 971 g/mol. The third-order valence-electron chi connectivity index (χ3n) is 16.8. The molecule has 1 nitrogen and oxygen atoms in total. The molecule has 14 rings (SSSR count). The quantitative estimate of drug-likeness (QED) is 0.132. The number of fused-ring (bicyclic) bond motifs is 5. The van der Waals surface area contributed by atoms with Crippen molar-refractivity contribution in [1.82, 2.24) is 0 Å². The summed E-state index contributed by atoms with van der Waals surface area (Å²) in [5, 5.41) is 5.14. The summed E-state index contributed by atoms with van der Waals surface area (Å²) in [6, 6.07) is 105. The van der Waals surface area contributed by atoms with Crippen LogP contribution in [0.4, 0.5) is 17.1 Å². The van der Waals surface area contributed by atoms with Crippen LogP contribution in [-0.4, -0.2) is 0 Å². The van der Waals surface area contributed by atoms with E-state index >= 15 is 0 Å². The highest BCUT2D eigenvalue weighted by Gasteiger charge is 2.46. The second kappa shape index (κ2) is 19.3. The van der Waals surface area contributed by atoms with Gasteiger partial charge in [-0.15, -0.1) is 0 Å². The fraction of sp³-hybridized carbons (Fsp3) is 0.0933. The van der Waals surface area contributed by atoms with E-state index in [0.29, 0.717) is 5.92 Å². The molecule has 1 fully saturated rings. The lowest BCUT2D eigenvalue weighted by Gasteiger charge is -2.34. The molecular formula is C75H57N. The van der Waals surface area contributed by atoms with E-state index in [1.807, 2.05) is 0 Å². The maximum Gasteiger partial charge on any atom is 0.0713 e. The predicted octanol–water partition coefficient (Wildman–Crippen LogP) is 20.5. The minimum atomic E-state index is -0.538. The van der Waals surface area contributed by atoms with E-state index in [9.17, 15) is 0 Å². The molecule has 0 aliphatic heterocycles. The zero-order chi connectivity index (χ0) is 50.4. The Morgan fingerprint density at radius 3 is 1.54 bits per heavy atom. The summed E-state index contributed by atoms with van der Waals surface area (Å²) in [6.07, 6.45) is 6.36. The van der Waals surface area contributed by atoms with Crippen LogP contribution in [0.1, 0.15) is 65.8 Å². The number of hydrogen-bond donors (Lipinski definition) is 0. The van der Waals surface area contributed by atoms with Crippen molar-refractivity contribution in [2.24, 2.45) is 0 Å². The molecule has 0 N–H and O–H groups in total. The largest absolute Gasteiger partial charge is 0.309 e. The van der Waals surface area contributed by atoms with Crippen molar-refractivity contribution in [2.75, 3.05) is 4.90 Å². The molecule has 362 valence electrons. The smallest absolute Gasteiger partial charge is 0.0713 e. The summed E-state index contributed by atoms with van der Waals surface area (Å²) in [5.41, 5.74) is 21.5. The van der Waals surface area contributed by atoms with Gasteiger partial charge in [0, 0.05) is 16.7 Å². The third-order valence-corrected chi connectivity index (χ3v) is 16.8. The van der Waals surface area contributed by atoms with Gasteiger partial charge in [-0.3, -0.25) is 0 Å². The van der Waals surface area contributed by atoms with E-state index in [1.165, 1.54) is 115 Å². The van der Waals surface area contributed by atoms with Crippen LogP contribution in [0.15, 0.2) is 279 Å². The average molecular weight is 972 g/mol. The number of anilines is 3. The second-order valence-corrected chi connectivity index (χ2v) is 20.9. The maximum atomic E-state index is 2.60. The molecule has 1 heteroatoms. The lowest BCUT2D eigenvalue weighted by molar-refractivity contribution is 0.445. The van der Waals surface area contributed by atoms with Crippen molar-refractivity contribution in [3.8, 4) is 55.6 Å². The van der Waals surface area contributed by atoms with Crippen LogP contribution in [0.5, 0.6) is 0 Å². The molecule has 0 unspecified atom stereocenters. The van der Waals surface area contributed by atoms with Gasteiger partial charge in [-0.25, -0.2) is 0 Å². The van der Waals surface area contributed by atoms with E-state index < -0.39 is 5.41 Å². The number of para-hydroxylation sites is 2. The Balaban J connectivity index is 1.06. The molecule has 0 amide bonds. The average Bonchev–Trinajstić information content (AvgIpc) is 3.94. The Morgan fingerprint density at radius 2 is 0.803 bits per heavy atom. The first-order valence-electron chi connectivity index (χ1n) is 27.3. The van der Waals surface area contributed by atoms with E-state index in [2.05, 4.69) is 284 Å². The fourth-order valence-electron chi connectivity index (χ4n) is 13.4. The summed E-state index contributed by atoms with van der Waals surface area (Å²) in [5.74, 6) is 0.537. The van der Waals surface area contributed by atoms with Crippen LogP contribution in [0.2, 0.25) is 0 Å². The Morgan fingerprint density at radius 1 is 0.303 bits per heavy atom. The highest BCUT2D eigenvalue weighted by atomic mass is 15.2. The normalized spacial score (nSPS) is 13.8. The molecule has 1 saturated carbocycles. The topological polar surface area (TPSA) is 3.24 Å². The minimum Gasteiger partial charge on any atom is -0.309 e. The van der Waals surface area contributed by atoms with Gasteiger partial charge in [0.15, 0.2) is 0 Å². The first kappa shape index (κ1) is 45.6. The molecular weight excluding hydrogens is 915 g/mol. The Hall–Kier alpha value is -9.04. The number of hydrogen-bond acceptors (Lipinski definition) is 1. The summed E-state index contributed by atoms with van der Waals surface area (Å²) < 4.78 is 0. The molecule has 76 heavy (non-hydrogen) atoms. The van der Waals surface area contributed by atoms with E-state index in [0.717, 1.165) is 39.3 Å². The van der Waals surface area contributed by atoms with Crippen molar-refractivity contribution in [1.29, 1.82) is 0 Å². The summed E-state index contributed by atoms with van der Waals surface area (Å²) >= 11 is 0. The SMILES string of the molecule is c1ccc(-c2ccc(-c3cccc4ccccc34)cc2N(c2ccccc2-c2ccc3c(c2)C(c2ccccc2)(c2ccccc2)c2ccccc2-3)c2ccccc2-c2cccc3cccc(C4CCCCC4)c23)cc1. The number of rotatable bonds is 10. The van der Waals surface area contributed by atoms with E-state index in [4.69, 9.17) is 0 Å². The van der Waals surface area contributed by atoms with Gasteiger partial charge >= 0.3 is 0 Å². The highest BCUT2D eigenvalue weighted by Crippen LogP contribution is 2.58. The van der Waals surface area contributed by atoms with Gasteiger partial charge in [0.05, 0.1) is 22.5 Å². The van der Waals surface area contributed by atoms with Crippen molar-refractivity contribution < 1.29 is 0 Å². The lowest BCUT2D eigenvalue weighted by atomic mass is 9.67. The Labute approximate surface area is 447 Å². The molecule has 0 radical (unpaired) electrons. The first-order chi connectivity index (χ1) is 37.7. The molecule has 12 aromatic carbocycles. The maximum absolute atomic E-state index is 2.60. The standard InChI is InChI=1S/C75H57N/c1-5-24-53(25-6-1)63-48-46-57(61-40-21-29-52-28-13-14-36-60(52)61)51-73(63)76(72-45-20-17-39-67(72)68-42-23-31-55-30-22-41-64(74(55)68)54-26-7-2-8-27-54)71-44-19-16-37-62(71)56-47-49-66-65-38-15-18-43-69(65)75(70(66)50-56,58-32-9-3-10-33-58)59-34-11-4-12-35-59/h1,3-6,9-25,28-51,54H,2,7-8,26-27H2. The zero-order valence-corrected chi connectivity index (χ0v) is 42.6. The number of nitrogens with zero attached hydrogens (tertiary/aromatic N) is 1. The van der Waals surface area contributed by atoms with Crippen molar-refractivity contribution in [3.63, 3.8) is 0 Å². The van der Waals surface area contributed by atoms with Crippen molar-refractivity contribution in [2.45, 2.75) is 43.4 Å². The molecule has 0 heterocycles. The summed E-state index contributed by atoms with van der Waals surface area (Å²) in [7, 11) is 0. The Kier molecular flexibility index (Phi) is 11.6. The van der Waals surface area contributed by atoms with Crippen LogP contribution in [0.25, 0.3) is 77.2 Å². The van der Waals surface area contributed by atoms with Gasteiger partial charge in [-0.1, -0.05) is 274 Å².